The lowest BCUT2D eigenvalue weighted by Crippen LogP contribution is -2.44. The Morgan fingerprint density at radius 2 is 1.70 bits per heavy atom. The predicted octanol–water partition coefficient (Wildman–Crippen LogP) is 3.56. The van der Waals surface area contributed by atoms with Crippen LogP contribution in [0.3, 0.4) is 0 Å². The molecule has 0 bridgehead atoms. The van der Waals surface area contributed by atoms with Crippen molar-refractivity contribution in [2.75, 3.05) is 6.61 Å². The van der Waals surface area contributed by atoms with Crippen LogP contribution in [-0.4, -0.2) is 30.5 Å². The first-order valence-corrected chi connectivity index (χ1v) is 10.5. The van der Waals surface area contributed by atoms with Gasteiger partial charge in [-0.15, -0.1) is 0 Å². The van der Waals surface area contributed by atoms with Crippen molar-refractivity contribution >= 4 is 10.0 Å². The minimum Gasteiger partial charge on any atom is -0.396 e. The van der Waals surface area contributed by atoms with Crippen LogP contribution < -0.4 is 0 Å². The molecule has 0 aromatic heterocycles. The van der Waals surface area contributed by atoms with Crippen LogP contribution in [0.5, 0.6) is 0 Å². The van der Waals surface area contributed by atoms with Gasteiger partial charge in [-0.1, -0.05) is 30.3 Å². The van der Waals surface area contributed by atoms with E-state index in [1.165, 1.54) is 4.31 Å². The zero-order valence-electron chi connectivity index (χ0n) is 15.1. The van der Waals surface area contributed by atoms with E-state index >= 15 is 0 Å². The summed E-state index contributed by atoms with van der Waals surface area (Å²) in [5.74, 6) is -1.30. The molecule has 1 fully saturated rings. The molecule has 0 amide bonds. The lowest BCUT2D eigenvalue weighted by atomic mass is 10.0. The van der Waals surface area contributed by atoms with Gasteiger partial charge in [-0.25, -0.2) is 17.2 Å². The largest absolute Gasteiger partial charge is 0.396 e. The van der Waals surface area contributed by atoms with E-state index in [-0.39, 0.29) is 36.7 Å². The average Bonchev–Trinajstić information content (AvgIpc) is 2.63. The Kier molecular flexibility index (Phi) is 5.93. The smallest absolute Gasteiger partial charge is 0.221 e. The molecule has 1 aliphatic heterocycles. The molecule has 0 radical (unpaired) electrons. The fourth-order valence-electron chi connectivity index (χ4n) is 3.58. The van der Waals surface area contributed by atoms with Gasteiger partial charge in [-0.05, 0) is 49.4 Å². The molecule has 1 N–H and O–H groups in total. The Morgan fingerprint density at radius 1 is 1.07 bits per heavy atom. The standard InChI is InChI=1S/C20H23F2NO3S/c1-14-7-8-20(15-5-3-2-4-6-15)27(25,26)23(14)13-17-12-18(21)16(9-10-24)11-19(17)22/h2-6,11-12,14,20,24H,7-10,13H2,1H3/t14-,20+/m0/s1. The van der Waals surface area contributed by atoms with Gasteiger partial charge >= 0.3 is 0 Å². The summed E-state index contributed by atoms with van der Waals surface area (Å²) in [6, 6.07) is 10.7. The van der Waals surface area contributed by atoms with Crippen molar-refractivity contribution in [3.05, 3.63) is 70.8 Å². The quantitative estimate of drug-likeness (QED) is 0.842. The van der Waals surface area contributed by atoms with E-state index < -0.39 is 26.9 Å². The molecule has 7 heteroatoms. The van der Waals surface area contributed by atoms with Crippen molar-refractivity contribution in [3.8, 4) is 0 Å². The third-order valence-electron chi connectivity index (χ3n) is 5.12. The lowest BCUT2D eigenvalue weighted by molar-refractivity contribution is 0.278. The molecule has 2 atom stereocenters. The Bertz CT molecular complexity index is 903. The number of sulfonamides is 1. The van der Waals surface area contributed by atoms with Gasteiger partial charge in [0.05, 0.1) is 0 Å². The van der Waals surface area contributed by atoms with E-state index in [0.717, 1.165) is 12.1 Å². The number of aliphatic hydroxyl groups is 1. The molecular formula is C20H23F2NO3S. The Hall–Kier alpha value is -1.83. The molecule has 2 aromatic carbocycles. The molecule has 1 heterocycles. The highest BCUT2D eigenvalue weighted by molar-refractivity contribution is 7.89. The first kappa shape index (κ1) is 19.9. The zero-order valence-corrected chi connectivity index (χ0v) is 15.9. The molecule has 2 aromatic rings. The van der Waals surface area contributed by atoms with Gasteiger partial charge in [0, 0.05) is 24.8 Å². The maximum Gasteiger partial charge on any atom is 0.221 e. The molecule has 27 heavy (non-hydrogen) atoms. The lowest BCUT2D eigenvalue weighted by Gasteiger charge is -2.37. The third-order valence-corrected chi connectivity index (χ3v) is 7.49. The van der Waals surface area contributed by atoms with Crippen molar-refractivity contribution in [1.82, 2.24) is 4.31 Å². The van der Waals surface area contributed by atoms with Gasteiger partial charge in [0.2, 0.25) is 10.0 Å². The van der Waals surface area contributed by atoms with E-state index in [1.54, 1.807) is 31.2 Å². The Balaban J connectivity index is 1.92. The molecule has 0 spiro atoms. The second-order valence-electron chi connectivity index (χ2n) is 6.92. The highest BCUT2D eigenvalue weighted by Crippen LogP contribution is 2.38. The number of nitrogens with zero attached hydrogens (tertiary/aromatic N) is 1. The van der Waals surface area contributed by atoms with Gasteiger partial charge in [0.25, 0.3) is 0 Å². The molecule has 0 unspecified atom stereocenters. The van der Waals surface area contributed by atoms with E-state index in [2.05, 4.69) is 0 Å². The molecule has 0 aliphatic carbocycles. The van der Waals surface area contributed by atoms with Crippen LogP contribution in [-0.2, 0) is 23.0 Å². The van der Waals surface area contributed by atoms with E-state index in [0.29, 0.717) is 18.4 Å². The van der Waals surface area contributed by atoms with Crippen LogP contribution in [0.25, 0.3) is 0 Å². The Labute approximate surface area is 158 Å². The summed E-state index contributed by atoms with van der Waals surface area (Å²) < 4.78 is 56.2. The third kappa shape index (κ3) is 4.05. The zero-order chi connectivity index (χ0) is 19.6. The fraction of sp³-hybridized carbons (Fsp3) is 0.400. The van der Waals surface area contributed by atoms with Crippen LogP contribution in [0.1, 0.15) is 41.7 Å². The van der Waals surface area contributed by atoms with Crippen LogP contribution in [0, 0.1) is 11.6 Å². The molecule has 0 saturated carbocycles. The summed E-state index contributed by atoms with van der Waals surface area (Å²) in [5.41, 5.74) is 0.785. The number of hydrogen-bond donors (Lipinski definition) is 1. The van der Waals surface area contributed by atoms with Gasteiger partial charge in [0.15, 0.2) is 0 Å². The fourth-order valence-corrected chi connectivity index (χ4v) is 5.77. The van der Waals surface area contributed by atoms with Gasteiger partial charge in [-0.2, -0.15) is 4.31 Å². The summed E-state index contributed by atoms with van der Waals surface area (Å²) in [5, 5.41) is 8.25. The molecule has 146 valence electrons. The minimum atomic E-state index is -3.71. The van der Waals surface area contributed by atoms with Crippen LogP contribution in [0.4, 0.5) is 8.78 Å². The number of benzene rings is 2. The SMILES string of the molecule is C[C@H]1CC[C@H](c2ccccc2)S(=O)(=O)N1Cc1cc(F)c(CCO)cc1F. The number of hydrogen-bond acceptors (Lipinski definition) is 3. The van der Waals surface area contributed by atoms with E-state index in [1.807, 2.05) is 6.07 Å². The maximum atomic E-state index is 14.4. The van der Waals surface area contributed by atoms with E-state index in [9.17, 15) is 17.2 Å². The van der Waals surface area contributed by atoms with Crippen molar-refractivity contribution in [1.29, 1.82) is 0 Å². The molecule has 1 aliphatic rings. The maximum absolute atomic E-state index is 14.4. The molecule has 4 nitrogen and oxygen atoms in total. The summed E-state index contributed by atoms with van der Waals surface area (Å²) in [6.07, 6.45) is 1.15. The predicted molar refractivity (Wildman–Crippen MR) is 99.5 cm³/mol. The monoisotopic (exact) mass is 395 g/mol. The summed E-state index contributed by atoms with van der Waals surface area (Å²) in [7, 11) is -3.71. The first-order valence-electron chi connectivity index (χ1n) is 8.98. The molecule has 1 saturated heterocycles. The molecule has 3 rings (SSSR count). The second-order valence-corrected chi connectivity index (χ2v) is 8.99. The van der Waals surface area contributed by atoms with Gasteiger partial charge in [-0.3, -0.25) is 0 Å². The van der Waals surface area contributed by atoms with Gasteiger partial charge in [0.1, 0.15) is 16.9 Å². The van der Waals surface area contributed by atoms with Crippen molar-refractivity contribution in [3.63, 3.8) is 0 Å². The highest BCUT2D eigenvalue weighted by Gasteiger charge is 2.40. The first-order chi connectivity index (χ1) is 12.8. The van der Waals surface area contributed by atoms with E-state index in [4.69, 9.17) is 5.11 Å². The highest BCUT2D eigenvalue weighted by atomic mass is 32.2. The Morgan fingerprint density at radius 3 is 2.37 bits per heavy atom. The van der Waals surface area contributed by atoms with Crippen molar-refractivity contribution in [2.45, 2.75) is 44.0 Å². The number of halogens is 2. The van der Waals surface area contributed by atoms with Crippen molar-refractivity contribution in [2.24, 2.45) is 0 Å². The van der Waals surface area contributed by atoms with Crippen LogP contribution in [0.15, 0.2) is 42.5 Å². The topological polar surface area (TPSA) is 57.6 Å². The summed E-state index contributed by atoms with van der Waals surface area (Å²) in [4.78, 5) is 0. The molecular weight excluding hydrogens is 372 g/mol. The number of rotatable bonds is 5. The van der Waals surface area contributed by atoms with Crippen LogP contribution >= 0.6 is 0 Å². The normalized spacial score (nSPS) is 22.7. The second kappa shape index (κ2) is 8.04. The van der Waals surface area contributed by atoms with Gasteiger partial charge < -0.3 is 5.11 Å². The summed E-state index contributed by atoms with van der Waals surface area (Å²) in [6.45, 7) is 1.29. The minimum absolute atomic E-state index is 0.00155. The summed E-state index contributed by atoms with van der Waals surface area (Å²) >= 11 is 0. The van der Waals surface area contributed by atoms with Crippen LogP contribution in [0.2, 0.25) is 0 Å². The average molecular weight is 395 g/mol. The number of aliphatic hydroxyl groups excluding tert-OH is 1. The van der Waals surface area contributed by atoms with Crippen molar-refractivity contribution < 1.29 is 22.3 Å².